The minimum Gasteiger partial charge on any atom is -0.314 e. The molecule has 2 aromatic rings. The Morgan fingerprint density at radius 2 is 2.25 bits per heavy atom. The van der Waals surface area contributed by atoms with Crippen molar-refractivity contribution in [3.05, 3.63) is 47.8 Å². The van der Waals surface area contributed by atoms with Gasteiger partial charge in [-0.1, -0.05) is 12.1 Å². The molecule has 20 heavy (non-hydrogen) atoms. The van der Waals surface area contributed by atoms with Crippen molar-refractivity contribution in [2.45, 2.75) is 37.6 Å². The first kappa shape index (κ1) is 13.2. The molecule has 0 aliphatic heterocycles. The average molecular weight is 274 g/mol. The van der Waals surface area contributed by atoms with Crippen molar-refractivity contribution in [3.63, 3.8) is 0 Å². The predicted octanol–water partition coefficient (Wildman–Crippen LogP) is 2.41. The Labute approximate surface area is 117 Å². The largest absolute Gasteiger partial charge is 0.314 e. The lowest BCUT2D eigenvalue weighted by molar-refractivity contribution is 0.290. The quantitative estimate of drug-likeness (QED) is 0.795. The van der Waals surface area contributed by atoms with E-state index in [2.05, 4.69) is 20.5 Å². The van der Waals surface area contributed by atoms with Gasteiger partial charge in [0.15, 0.2) is 0 Å². The van der Waals surface area contributed by atoms with Gasteiger partial charge >= 0.3 is 0 Å². The Balaban J connectivity index is 1.34. The van der Waals surface area contributed by atoms with E-state index >= 15 is 0 Å². The van der Waals surface area contributed by atoms with E-state index in [1.54, 1.807) is 12.1 Å². The summed E-state index contributed by atoms with van der Waals surface area (Å²) in [5.74, 6) is 1.32. The van der Waals surface area contributed by atoms with Gasteiger partial charge in [-0.2, -0.15) is 5.10 Å². The maximum Gasteiger partial charge on any atom is 0.137 e. The Kier molecular flexibility index (Phi) is 4.06. The van der Waals surface area contributed by atoms with Gasteiger partial charge in [-0.05, 0) is 49.4 Å². The first-order chi connectivity index (χ1) is 9.81. The summed E-state index contributed by atoms with van der Waals surface area (Å²) in [5, 5.41) is 10.2. The fraction of sp³-hybridized carbons (Fsp3) is 0.467. The highest BCUT2D eigenvalue weighted by atomic mass is 19.1. The van der Waals surface area contributed by atoms with Crippen LogP contribution in [0.4, 0.5) is 4.39 Å². The number of benzene rings is 1. The number of aryl methyl sites for hydroxylation is 1. The Morgan fingerprint density at radius 3 is 3.00 bits per heavy atom. The zero-order valence-corrected chi connectivity index (χ0v) is 11.3. The van der Waals surface area contributed by atoms with E-state index < -0.39 is 0 Å². The summed E-state index contributed by atoms with van der Waals surface area (Å²) in [6.07, 6.45) is 5.72. The summed E-state index contributed by atoms with van der Waals surface area (Å²) in [4.78, 5) is 4.10. The van der Waals surface area contributed by atoms with Crippen molar-refractivity contribution in [3.8, 4) is 0 Å². The summed E-state index contributed by atoms with van der Waals surface area (Å²) in [6, 6.07) is 7.54. The zero-order valence-electron chi connectivity index (χ0n) is 11.3. The minimum atomic E-state index is -0.133. The van der Waals surface area contributed by atoms with E-state index in [0.29, 0.717) is 12.0 Å². The molecule has 1 heterocycles. The fourth-order valence-corrected chi connectivity index (χ4v) is 2.73. The standard InChI is InChI=1S/C15H19FN4/c16-13-4-1-3-11(7-13)12-8-14(9-12)17-6-2-5-15-18-10-19-20-15/h1,3-4,7,10,12,14,17H,2,5-6,8-9H2,(H,18,19,20). The van der Waals surface area contributed by atoms with Gasteiger partial charge in [0.1, 0.15) is 18.0 Å². The molecule has 0 unspecified atom stereocenters. The molecular formula is C15H19FN4. The number of aromatic nitrogens is 3. The summed E-state index contributed by atoms with van der Waals surface area (Å²) in [5.41, 5.74) is 1.13. The van der Waals surface area contributed by atoms with Crippen LogP contribution in [0.5, 0.6) is 0 Å². The number of hydrogen-bond donors (Lipinski definition) is 2. The highest BCUT2D eigenvalue weighted by Gasteiger charge is 2.29. The molecule has 0 bridgehead atoms. The van der Waals surface area contributed by atoms with Crippen molar-refractivity contribution in [1.29, 1.82) is 0 Å². The van der Waals surface area contributed by atoms with E-state index in [9.17, 15) is 4.39 Å². The third-order valence-electron chi connectivity index (χ3n) is 3.95. The topological polar surface area (TPSA) is 53.6 Å². The molecule has 1 aromatic carbocycles. The second-order valence-corrected chi connectivity index (χ2v) is 5.41. The van der Waals surface area contributed by atoms with Gasteiger partial charge in [0.05, 0.1) is 0 Å². The summed E-state index contributed by atoms with van der Waals surface area (Å²) >= 11 is 0. The molecule has 0 radical (unpaired) electrons. The molecular weight excluding hydrogens is 255 g/mol. The molecule has 0 amide bonds. The van der Waals surface area contributed by atoms with Crippen LogP contribution in [0.1, 0.15) is 36.6 Å². The van der Waals surface area contributed by atoms with Crippen LogP contribution < -0.4 is 5.32 Å². The van der Waals surface area contributed by atoms with Crippen LogP contribution in [-0.4, -0.2) is 27.8 Å². The van der Waals surface area contributed by atoms with Crippen molar-refractivity contribution in [2.75, 3.05) is 6.54 Å². The first-order valence-corrected chi connectivity index (χ1v) is 7.14. The van der Waals surface area contributed by atoms with Crippen LogP contribution in [0.2, 0.25) is 0 Å². The molecule has 0 atom stereocenters. The third-order valence-corrected chi connectivity index (χ3v) is 3.95. The monoisotopic (exact) mass is 274 g/mol. The number of halogens is 1. The van der Waals surface area contributed by atoms with Crippen molar-refractivity contribution in [1.82, 2.24) is 20.5 Å². The third kappa shape index (κ3) is 3.22. The number of nitrogens with zero attached hydrogens (tertiary/aromatic N) is 2. The highest BCUT2D eigenvalue weighted by molar-refractivity contribution is 5.23. The van der Waals surface area contributed by atoms with Crippen molar-refractivity contribution < 1.29 is 4.39 Å². The number of hydrogen-bond acceptors (Lipinski definition) is 3. The molecule has 4 nitrogen and oxygen atoms in total. The molecule has 0 spiro atoms. The SMILES string of the molecule is Fc1cccc(C2CC(NCCCc3ncn[nH]3)C2)c1. The Bertz CT molecular complexity index is 535. The van der Waals surface area contributed by atoms with Gasteiger partial charge in [0.25, 0.3) is 0 Å². The Hall–Kier alpha value is -1.75. The fourth-order valence-electron chi connectivity index (χ4n) is 2.73. The second-order valence-electron chi connectivity index (χ2n) is 5.41. The normalized spacial score (nSPS) is 21.6. The van der Waals surface area contributed by atoms with Crippen LogP contribution in [0.25, 0.3) is 0 Å². The van der Waals surface area contributed by atoms with Gasteiger partial charge in [0, 0.05) is 12.5 Å². The lowest BCUT2D eigenvalue weighted by Crippen LogP contribution is -2.40. The van der Waals surface area contributed by atoms with Crippen LogP contribution in [-0.2, 0) is 6.42 Å². The molecule has 1 aromatic heterocycles. The van der Waals surface area contributed by atoms with Crippen LogP contribution >= 0.6 is 0 Å². The molecule has 0 saturated heterocycles. The predicted molar refractivity (Wildman–Crippen MR) is 74.9 cm³/mol. The van der Waals surface area contributed by atoms with Crippen LogP contribution in [0, 0.1) is 5.82 Å². The molecule has 1 aliphatic carbocycles. The molecule has 5 heteroatoms. The van der Waals surface area contributed by atoms with E-state index in [-0.39, 0.29) is 5.82 Å². The Morgan fingerprint density at radius 1 is 1.35 bits per heavy atom. The van der Waals surface area contributed by atoms with Crippen LogP contribution in [0.15, 0.2) is 30.6 Å². The molecule has 1 fully saturated rings. The second kappa shape index (κ2) is 6.13. The molecule has 2 N–H and O–H groups in total. The lowest BCUT2D eigenvalue weighted by atomic mass is 9.76. The summed E-state index contributed by atoms with van der Waals surface area (Å²) in [7, 11) is 0. The van der Waals surface area contributed by atoms with Crippen molar-refractivity contribution >= 4 is 0 Å². The van der Waals surface area contributed by atoms with Gasteiger partial charge in [-0.3, -0.25) is 5.10 Å². The first-order valence-electron chi connectivity index (χ1n) is 7.14. The van der Waals surface area contributed by atoms with Gasteiger partial charge in [0.2, 0.25) is 0 Å². The average Bonchev–Trinajstić information content (AvgIpc) is 2.89. The highest BCUT2D eigenvalue weighted by Crippen LogP contribution is 2.36. The summed E-state index contributed by atoms with van der Waals surface area (Å²) < 4.78 is 13.1. The van der Waals surface area contributed by atoms with Gasteiger partial charge in [-0.25, -0.2) is 9.37 Å². The van der Waals surface area contributed by atoms with Crippen LogP contribution in [0.3, 0.4) is 0 Å². The molecule has 1 aliphatic rings. The minimum absolute atomic E-state index is 0.133. The van der Waals surface area contributed by atoms with Crippen molar-refractivity contribution in [2.24, 2.45) is 0 Å². The summed E-state index contributed by atoms with van der Waals surface area (Å²) in [6.45, 7) is 0.987. The number of aromatic amines is 1. The molecule has 106 valence electrons. The van der Waals surface area contributed by atoms with Gasteiger partial charge < -0.3 is 5.32 Å². The molecule has 3 rings (SSSR count). The zero-order chi connectivity index (χ0) is 13.8. The van der Waals surface area contributed by atoms with E-state index in [1.165, 1.54) is 12.4 Å². The lowest BCUT2D eigenvalue weighted by Gasteiger charge is -2.36. The smallest absolute Gasteiger partial charge is 0.137 e. The number of nitrogens with one attached hydrogen (secondary N) is 2. The maximum absolute atomic E-state index is 13.1. The molecule has 1 saturated carbocycles. The number of H-pyrrole nitrogens is 1. The van der Waals surface area contributed by atoms with E-state index in [4.69, 9.17) is 0 Å². The maximum atomic E-state index is 13.1. The number of rotatable bonds is 6. The van der Waals surface area contributed by atoms with E-state index in [0.717, 1.165) is 43.6 Å². The van der Waals surface area contributed by atoms with Gasteiger partial charge in [-0.15, -0.1) is 0 Å². The van der Waals surface area contributed by atoms with E-state index in [1.807, 2.05) is 6.07 Å².